The minimum absolute atomic E-state index is 0.232. The second kappa shape index (κ2) is 9.61. The lowest BCUT2D eigenvalue weighted by molar-refractivity contribution is -0.131. The van der Waals surface area contributed by atoms with Crippen LogP contribution in [0.5, 0.6) is 0 Å². The van der Waals surface area contributed by atoms with Gasteiger partial charge in [0.15, 0.2) is 0 Å². The van der Waals surface area contributed by atoms with E-state index in [-0.39, 0.29) is 12.5 Å². The summed E-state index contributed by atoms with van der Waals surface area (Å²) < 4.78 is 0. The number of anilines is 1. The molecule has 2 fully saturated rings. The Morgan fingerprint density at radius 1 is 1.22 bits per heavy atom. The highest BCUT2D eigenvalue weighted by Crippen LogP contribution is 2.46. The fraction of sp³-hybridized carbons (Fsp3) is 0.708. The Labute approximate surface area is 194 Å². The van der Waals surface area contributed by atoms with E-state index in [2.05, 4.69) is 27.2 Å². The Bertz CT molecular complexity index is 949. The summed E-state index contributed by atoms with van der Waals surface area (Å²) in [6.45, 7) is 2.64. The molecule has 2 aromatic rings. The van der Waals surface area contributed by atoms with E-state index in [4.69, 9.17) is 0 Å². The molecule has 0 aromatic carbocycles. The predicted molar refractivity (Wildman–Crippen MR) is 128 cm³/mol. The number of amides is 1. The lowest BCUT2D eigenvalue weighted by atomic mass is 9.90. The lowest BCUT2D eigenvalue weighted by Crippen LogP contribution is -2.44. The molecule has 1 saturated heterocycles. The molecule has 2 N–H and O–H groups in total. The summed E-state index contributed by atoms with van der Waals surface area (Å²) >= 11 is 1.80. The smallest absolute Gasteiger partial charge is 0.236 e. The van der Waals surface area contributed by atoms with Crippen molar-refractivity contribution in [1.82, 2.24) is 19.8 Å². The maximum Gasteiger partial charge on any atom is 0.236 e. The van der Waals surface area contributed by atoms with Gasteiger partial charge in [-0.2, -0.15) is 0 Å². The van der Waals surface area contributed by atoms with Crippen LogP contribution in [0.2, 0.25) is 0 Å². The van der Waals surface area contributed by atoms with Crippen molar-refractivity contribution >= 4 is 33.3 Å². The second-order valence-corrected chi connectivity index (χ2v) is 10.8. The fourth-order valence-corrected chi connectivity index (χ4v) is 7.13. The molecule has 0 radical (unpaired) electrons. The number of aryl methyl sites for hydroxylation is 1. The van der Waals surface area contributed by atoms with E-state index in [0.29, 0.717) is 24.5 Å². The highest BCUT2D eigenvalue weighted by atomic mass is 32.1. The Morgan fingerprint density at radius 3 is 2.75 bits per heavy atom. The molecule has 2 aliphatic carbocycles. The van der Waals surface area contributed by atoms with Crippen molar-refractivity contribution in [1.29, 1.82) is 0 Å². The van der Waals surface area contributed by atoms with Crippen LogP contribution >= 0.6 is 11.3 Å². The lowest BCUT2D eigenvalue weighted by Gasteiger charge is -2.35. The van der Waals surface area contributed by atoms with E-state index in [1.165, 1.54) is 15.8 Å². The highest BCUT2D eigenvalue weighted by Gasteiger charge is 2.31. The quantitative estimate of drug-likeness (QED) is 0.663. The summed E-state index contributed by atoms with van der Waals surface area (Å²) in [6.07, 6.45) is 11.4. The molecule has 7 nitrogen and oxygen atoms in total. The van der Waals surface area contributed by atoms with E-state index >= 15 is 0 Å². The topological polar surface area (TPSA) is 81.6 Å². The summed E-state index contributed by atoms with van der Waals surface area (Å²) in [6, 6.07) is 0.879. The van der Waals surface area contributed by atoms with Crippen LogP contribution in [0.4, 0.5) is 5.82 Å². The Hall–Kier alpha value is -1.77. The Balaban J connectivity index is 1.21. The monoisotopic (exact) mass is 457 g/mol. The van der Waals surface area contributed by atoms with E-state index < -0.39 is 0 Å². The van der Waals surface area contributed by atoms with Gasteiger partial charge in [0, 0.05) is 36.7 Å². The maximum atomic E-state index is 12.5. The van der Waals surface area contributed by atoms with Gasteiger partial charge in [-0.15, -0.1) is 11.3 Å². The van der Waals surface area contributed by atoms with Crippen molar-refractivity contribution in [2.75, 3.05) is 38.6 Å². The molecule has 0 bridgehead atoms. The van der Waals surface area contributed by atoms with Crippen molar-refractivity contribution in [2.24, 2.45) is 0 Å². The summed E-state index contributed by atoms with van der Waals surface area (Å²) in [5, 5.41) is 14.4. The number of aliphatic hydroxyl groups excluding tert-OH is 1. The number of carbonyl (C=O) groups excluding carboxylic acids is 1. The van der Waals surface area contributed by atoms with Crippen molar-refractivity contribution in [3.63, 3.8) is 0 Å². The maximum absolute atomic E-state index is 12.5. The Morgan fingerprint density at radius 2 is 2.00 bits per heavy atom. The third-order valence-corrected chi connectivity index (χ3v) is 8.89. The van der Waals surface area contributed by atoms with Crippen LogP contribution in [-0.4, -0.2) is 76.2 Å². The number of aromatic nitrogens is 2. The van der Waals surface area contributed by atoms with Gasteiger partial charge < -0.3 is 15.3 Å². The zero-order valence-electron chi connectivity index (χ0n) is 19.1. The zero-order chi connectivity index (χ0) is 22.1. The first-order valence-corrected chi connectivity index (χ1v) is 13.1. The van der Waals surface area contributed by atoms with Gasteiger partial charge in [0.25, 0.3) is 0 Å². The van der Waals surface area contributed by atoms with Crippen LogP contribution < -0.4 is 5.32 Å². The molecular formula is C24H35N5O2S. The molecule has 3 aliphatic rings. The average Bonchev–Trinajstić information content (AvgIpc) is 3.53. The molecule has 5 rings (SSSR count). The van der Waals surface area contributed by atoms with Crippen LogP contribution in [0.1, 0.15) is 67.7 Å². The Kier molecular flexibility index (Phi) is 6.62. The van der Waals surface area contributed by atoms with Crippen LogP contribution in [-0.2, 0) is 11.2 Å². The minimum Gasteiger partial charge on any atom is -0.396 e. The molecule has 1 atom stereocenters. The molecule has 174 valence electrons. The number of fused-ring (bicyclic) bond motifs is 3. The summed E-state index contributed by atoms with van der Waals surface area (Å²) in [4.78, 5) is 28.5. The molecule has 8 heteroatoms. The number of nitrogens with one attached hydrogen (secondary N) is 1. The fourth-order valence-electron chi connectivity index (χ4n) is 5.89. The third-order valence-electron chi connectivity index (χ3n) is 7.71. The van der Waals surface area contributed by atoms with Crippen LogP contribution in [0.3, 0.4) is 0 Å². The van der Waals surface area contributed by atoms with Crippen LogP contribution in [0.25, 0.3) is 10.2 Å². The van der Waals surface area contributed by atoms with Gasteiger partial charge in [0.1, 0.15) is 17.0 Å². The van der Waals surface area contributed by atoms with Gasteiger partial charge in [-0.05, 0) is 76.3 Å². The molecule has 1 saturated carbocycles. The average molecular weight is 458 g/mol. The van der Waals surface area contributed by atoms with E-state index in [9.17, 15) is 9.90 Å². The largest absolute Gasteiger partial charge is 0.396 e. The first kappa shape index (κ1) is 22.0. The molecule has 32 heavy (non-hydrogen) atoms. The van der Waals surface area contributed by atoms with Gasteiger partial charge in [0.2, 0.25) is 5.91 Å². The van der Waals surface area contributed by atoms with Gasteiger partial charge >= 0.3 is 0 Å². The number of rotatable bonds is 7. The highest BCUT2D eigenvalue weighted by molar-refractivity contribution is 7.19. The van der Waals surface area contributed by atoms with E-state index in [0.717, 1.165) is 81.5 Å². The van der Waals surface area contributed by atoms with Crippen LogP contribution in [0, 0.1) is 0 Å². The minimum atomic E-state index is 0.232. The van der Waals surface area contributed by atoms with Crippen molar-refractivity contribution in [2.45, 2.75) is 75.8 Å². The summed E-state index contributed by atoms with van der Waals surface area (Å²) in [5.74, 6) is 1.68. The third kappa shape index (κ3) is 4.37. The second-order valence-electron chi connectivity index (χ2n) is 9.74. The number of carbonyl (C=O) groups is 1. The van der Waals surface area contributed by atoms with Crippen molar-refractivity contribution < 1.29 is 9.90 Å². The SMILES string of the molecule is CN(CC(=O)N1CCCC1)C1CCC(Nc2ncnc3sc4c(c23)[C@@H](CCO)CC4)CC1. The molecule has 2 aromatic heterocycles. The van der Waals surface area contributed by atoms with Crippen molar-refractivity contribution in [3.05, 3.63) is 16.8 Å². The van der Waals surface area contributed by atoms with Crippen LogP contribution in [0.15, 0.2) is 6.33 Å². The molecule has 3 heterocycles. The number of likely N-dealkylation sites (N-methyl/N-ethyl adjacent to an activating group) is 1. The molecule has 1 amide bonds. The number of aliphatic hydroxyl groups is 1. The normalized spacial score (nSPS) is 25.6. The van der Waals surface area contributed by atoms with E-state index in [1.54, 1.807) is 17.7 Å². The molecular weight excluding hydrogens is 422 g/mol. The van der Waals surface area contributed by atoms with Gasteiger partial charge in [-0.1, -0.05) is 0 Å². The summed E-state index contributed by atoms with van der Waals surface area (Å²) in [5.41, 5.74) is 1.39. The standard InChI is InChI=1S/C24H35N5O2S/c1-28(14-20(31)29-11-2-3-12-29)18-7-5-17(6-8-18)27-23-22-21-16(10-13-30)4-9-19(21)32-24(22)26-15-25-23/h15-18,30H,2-14H2,1H3,(H,25,26,27)/t16-,17?,18?/m1/s1. The summed E-state index contributed by atoms with van der Waals surface area (Å²) in [7, 11) is 2.11. The van der Waals surface area contributed by atoms with Gasteiger partial charge in [-0.25, -0.2) is 9.97 Å². The zero-order valence-corrected chi connectivity index (χ0v) is 19.9. The number of hydrogen-bond donors (Lipinski definition) is 2. The van der Waals surface area contributed by atoms with Gasteiger partial charge in [0.05, 0.1) is 11.9 Å². The predicted octanol–water partition coefficient (Wildman–Crippen LogP) is 3.38. The first-order valence-electron chi connectivity index (χ1n) is 12.3. The van der Waals surface area contributed by atoms with Crippen molar-refractivity contribution in [3.8, 4) is 0 Å². The number of likely N-dealkylation sites (tertiary alicyclic amines) is 1. The molecule has 0 spiro atoms. The van der Waals surface area contributed by atoms with Gasteiger partial charge in [-0.3, -0.25) is 9.69 Å². The molecule has 1 aliphatic heterocycles. The number of hydrogen-bond acceptors (Lipinski definition) is 7. The number of nitrogens with zero attached hydrogens (tertiary/aromatic N) is 4. The number of thiophene rings is 1. The molecule has 0 unspecified atom stereocenters. The first-order chi connectivity index (χ1) is 15.6. The van der Waals surface area contributed by atoms with E-state index in [1.807, 2.05) is 4.90 Å².